The van der Waals surface area contributed by atoms with Crippen LogP contribution in [0, 0.1) is 0 Å². The number of rotatable bonds is 4. The maximum Gasteiger partial charge on any atom is 0.107 e. The minimum absolute atomic E-state index is 0.151. The highest BCUT2D eigenvalue weighted by Gasteiger charge is 1.95. The Morgan fingerprint density at radius 2 is 1.64 bits per heavy atom. The molecular formula is C8H18Cl2O. The summed E-state index contributed by atoms with van der Waals surface area (Å²) in [5.74, 6) is 0. The van der Waals surface area contributed by atoms with E-state index in [1.807, 2.05) is 0 Å². The summed E-state index contributed by atoms with van der Waals surface area (Å²) in [6.07, 6.45) is 4.58. The molecule has 70 valence electrons. The van der Waals surface area contributed by atoms with Crippen LogP contribution < -0.4 is 0 Å². The lowest BCUT2D eigenvalue weighted by atomic mass is 10.2. The molecule has 0 rings (SSSR count). The van der Waals surface area contributed by atoms with Crippen LogP contribution in [0.25, 0.3) is 0 Å². The van der Waals surface area contributed by atoms with E-state index in [9.17, 15) is 0 Å². The summed E-state index contributed by atoms with van der Waals surface area (Å²) in [6.45, 7) is 4.09. The van der Waals surface area contributed by atoms with Crippen molar-refractivity contribution in [2.24, 2.45) is 0 Å². The second-order valence-corrected chi connectivity index (χ2v) is 3.48. The van der Waals surface area contributed by atoms with Gasteiger partial charge in [-0.1, -0.05) is 26.2 Å². The van der Waals surface area contributed by atoms with Gasteiger partial charge in [-0.2, -0.15) is 0 Å². The zero-order valence-corrected chi connectivity index (χ0v) is 8.83. The summed E-state index contributed by atoms with van der Waals surface area (Å²) < 4.78 is 0. The van der Waals surface area contributed by atoms with Gasteiger partial charge in [0.2, 0.25) is 0 Å². The fourth-order valence-electron chi connectivity index (χ4n) is 0.549. The van der Waals surface area contributed by atoms with E-state index in [2.05, 4.69) is 6.92 Å². The van der Waals surface area contributed by atoms with E-state index < -0.39 is 0 Å². The molecule has 11 heavy (non-hydrogen) atoms. The summed E-state index contributed by atoms with van der Waals surface area (Å²) in [7, 11) is 0. The number of alkyl halides is 2. The molecule has 0 fully saturated rings. The molecule has 0 saturated heterocycles. The van der Waals surface area contributed by atoms with Crippen LogP contribution in [-0.2, 0) is 0 Å². The normalized spacial score (nSPS) is 9.27. The van der Waals surface area contributed by atoms with E-state index in [1.165, 1.54) is 12.8 Å². The molecule has 3 heteroatoms. The molecule has 0 spiro atoms. The first-order valence-corrected chi connectivity index (χ1v) is 4.95. The molecule has 1 N–H and O–H groups in total. The summed E-state index contributed by atoms with van der Waals surface area (Å²) in [5, 5.41) is 7.57. The Bertz CT molecular complexity index is 58.1. The van der Waals surface area contributed by atoms with Crippen molar-refractivity contribution >= 4 is 23.2 Å². The minimum atomic E-state index is -0.151. The van der Waals surface area contributed by atoms with Gasteiger partial charge < -0.3 is 5.11 Å². The Balaban J connectivity index is 0. The van der Waals surface area contributed by atoms with Crippen LogP contribution in [0.3, 0.4) is 0 Å². The van der Waals surface area contributed by atoms with E-state index in [-0.39, 0.29) is 11.4 Å². The molecule has 0 radical (unpaired) electrons. The molecule has 0 atom stereocenters. The van der Waals surface area contributed by atoms with Crippen LogP contribution in [0.2, 0.25) is 0 Å². The number of unbranched alkanes of at least 4 members (excludes halogenated alkanes) is 2. The Labute approximate surface area is 79.7 Å². The van der Waals surface area contributed by atoms with Gasteiger partial charge in [0.15, 0.2) is 0 Å². The minimum Gasteiger partial charge on any atom is -0.397 e. The number of aliphatic hydroxyl groups excluding tert-OH is 1. The van der Waals surface area contributed by atoms with Gasteiger partial charge in [0.1, 0.15) is 4.84 Å². The van der Waals surface area contributed by atoms with Crippen LogP contribution in [0.1, 0.15) is 39.5 Å². The number of aliphatic hydroxyl groups is 1. The lowest BCUT2D eigenvalue weighted by molar-refractivity contribution is 0.318. The monoisotopic (exact) mass is 200 g/mol. The largest absolute Gasteiger partial charge is 0.397 e. The van der Waals surface area contributed by atoms with E-state index in [4.69, 9.17) is 28.3 Å². The van der Waals surface area contributed by atoms with Gasteiger partial charge in [-0.05, 0) is 13.3 Å². The molecule has 0 aromatic carbocycles. The molecule has 0 saturated carbocycles. The van der Waals surface area contributed by atoms with Crippen molar-refractivity contribution in [2.45, 2.75) is 44.4 Å². The first kappa shape index (κ1) is 14.1. The second kappa shape index (κ2) is 13.2. The fourth-order valence-corrected chi connectivity index (χ4v) is 0.857. The molecule has 0 unspecified atom stereocenters. The van der Waals surface area contributed by atoms with Crippen LogP contribution in [0.5, 0.6) is 0 Å². The zero-order valence-electron chi connectivity index (χ0n) is 7.32. The Kier molecular flexibility index (Phi) is 16.8. The van der Waals surface area contributed by atoms with Crippen molar-refractivity contribution in [2.75, 3.05) is 6.61 Å². The SMILES string of the molecule is CCCCCC(Cl)Cl.CCO. The summed E-state index contributed by atoms with van der Waals surface area (Å²) >= 11 is 11.0. The third-order valence-electron chi connectivity index (χ3n) is 1.03. The van der Waals surface area contributed by atoms with Gasteiger partial charge in [0.25, 0.3) is 0 Å². The van der Waals surface area contributed by atoms with Crippen molar-refractivity contribution < 1.29 is 5.11 Å². The summed E-state index contributed by atoms with van der Waals surface area (Å²) in [5.41, 5.74) is 0. The maximum atomic E-state index is 7.57. The maximum absolute atomic E-state index is 7.57. The molecule has 0 bridgehead atoms. The number of halogens is 2. The van der Waals surface area contributed by atoms with Gasteiger partial charge in [-0.25, -0.2) is 0 Å². The molecule has 0 aliphatic rings. The van der Waals surface area contributed by atoms with E-state index in [1.54, 1.807) is 6.92 Å². The molecule has 0 aliphatic carbocycles. The molecular weight excluding hydrogens is 183 g/mol. The molecule has 0 aromatic heterocycles. The molecule has 0 amide bonds. The van der Waals surface area contributed by atoms with Crippen molar-refractivity contribution in [3.63, 3.8) is 0 Å². The topological polar surface area (TPSA) is 20.2 Å². The third-order valence-corrected chi connectivity index (χ3v) is 1.46. The first-order chi connectivity index (χ1) is 5.18. The summed E-state index contributed by atoms with van der Waals surface area (Å²) in [4.78, 5) is -0.151. The third kappa shape index (κ3) is 25.0. The smallest absolute Gasteiger partial charge is 0.107 e. The zero-order chi connectivity index (χ0) is 9.11. The average molecular weight is 201 g/mol. The summed E-state index contributed by atoms with van der Waals surface area (Å²) in [6, 6.07) is 0. The van der Waals surface area contributed by atoms with E-state index >= 15 is 0 Å². The van der Waals surface area contributed by atoms with Crippen molar-refractivity contribution in [1.29, 1.82) is 0 Å². The average Bonchev–Trinajstić information content (AvgIpc) is 1.89. The van der Waals surface area contributed by atoms with Gasteiger partial charge in [0, 0.05) is 6.61 Å². The highest BCUT2D eigenvalue weighted by molar-refractivity contribution is 6.44. The number of hydrogen-bond donors (Lipinski definition) is 1. The van der Waals surface area contributed by atoms with E-state index in [0.717, 1.165) is 12.8 Å². The van der Waals surface area contributed by atoms with Crippen molar-refractivity contribution in [3.8, 4) is 0 Å². The Morgan fingerprint density at radius 3 is 1.91 bits per heavy atom. The van der Waals surface area contributed by atoms with Crippen molar-refractivity contribution in [3.05, 3.63) is 0 Å². The van der Waals surface area contributed by atoms with Gasteiger partial charge in [-0.3, -0.25) is 0 Å². The van der Waals surface area contributed by atoms with Crippen LogP contribution in [-0.4, -0.2) is 16.5 Å². The van der Waals surface area contributed by atoms with Crippen molar-refractivity contribution in [1.82, 2.24) is 0 Å². The Morgan fingerprint density at radius 1 is 1.18 bits per heavy atom. The first-order valence-electron chi connectivity index (χ1n) is 4.08. The van der Waals surface area contributed by atoms with Crippen LogP contribution in [0.4, 0.5) is 0 Å². The predicted octanol–water partition coefficient (Wildman–Crippen LogP) is 3.37. The highest BCUT2D eigenvalue weighted by atomic mass is 35.5. The Hall–Kier alpha value is 0.540. The molecule has 0 aromatic rings. The standard InChI is InChI=1S/C6H12Cl2.C2H6O/c1-2-3-4-5-6(7)8;1-2-3/h6H,2-5H2,1H3;3H,2H2,1H3. The molecule has 0 aliphatic heterocycles. The van der Waals surface area contributed by atoms with Gasteiger partial charge >= 0.3 is 0 Å². The second-order valence-electron chi connectivity index (χ2n) is 2.20. The molecule has 1 nitrogen and oxygen atoms in total. The van der Waals surface area contributed by atoms with Crippen LogP contribution in [0.15, 0.2) is 0 Å². The predicted molar refractivity (Wildman–Crippen MR) is 52.4 cm³/mol. The quantitative estimate of drug-likeness (QED) is 0.546. The van der Waals surface area contributed by atoms with Gasteiger partial charge in [-0.15, -0.1) is 23.2 Å². The molecule has 0 heterocycles. The van der Waals surface area contributed by atoms with Gasteiger partial charge in [0.05, 0.1) is 0 Å². The number of hydrogen-bond acceptors (Lipinski definition) is 1. The lowest BCUT2D eigenvalue weighted by Crippen LogP contribution is -1.84. The van der Waals surface area contributed by atoms with E-state index in [0.29, 0.717) is 0 Å². The highest BCUT2D eigenvalue weighted by Crippen LogP contribution is 2.11. The lowest BCUT2D eigenvalue weighted by Gasteiger charge is -1.96. The van der Waals surface area contributed by atoms with Crippen LogP contribution >= 0.6 is 23.2 Å². The fraction of sp³-hybridized carbons (Fsp3) is 1.00.